The lowest BCUT2D eigenvalue weighted by Gasteiger charge is -2.03. The summed E-state index contributed by atoms with van der Waals surface area (Å²) in [4.78, 5) is 15.7. The van der Waals surface area contributed by atoms with Gasteiger partial charge in [0.2, 0.25) is 5.78 Å². The van der Waals surface area contributed by atoms with E-state index < -0.39 is 5.82 Å². The zero-order valence-corrected chi connectivity index (χ0v) is 9.30. The Labute approximate surface area is 97.3 Å². The molecule has 0 aliphatic carbocycles. The Kier molecular flexibility index (Phi) is 3.22. The van der Waals surface area contributed by atoms with Gasteiger partial charge in [0.15, 0.2) is 0 Å². The first-order chi connectivity index (χ1) is 8.22. The second-order valence-electron chi connectivity index (χ2n) is 3.56. The number of rotatable bonds is 4. The zero-order valence-electron chi connectivity index (χ0n) is 9.30. The van der Waals surface area contributed by atoms with Crippen LogP contribution >= 0.6 is 0 Å². The fraction of sp³-hybridized carbons (Fsp3) is 0.273. The van der Waals surface area contributed by atoms with Gasteiger partial charge in [0.05, 0.1) is 12.4 Å². The van der Waals surface area contributed by atoms with Crippen molar-refractivity contribution in [2.75, 3.05) is 0 Å². The maximum absolute atomic E-state index is 13.0. The van der Waals surface area contributed by atoms with Gasteiger partial charge in [-0.05, 0) is 12.5 Å². The molecule has 2 aromatic rings. The lowest BCUT2D eigenvalue weighted by atomic mass is 10.1. The molecule has 0 saturated heterocycles. The summed E-state index contributed by atoms with van der Waals surface area (Å²) in [5, 5.41) is 7.49. The third-order valence-electron chi connectivity index (χ3n) is 2.25. The molecule has 5 nitrogen and oxygen atoms in total. The third kappa shape index (κ3) is 2.35. The fourth-order valence-electron chi connectivity index (χ4n) is 1.49. The highest BCUT2D eigenvalue weighted by Gasteiger charge is 2.15. The number of nitrogens with zero attached hydrogens (tertiary/aromatic N) is 4. The Morgan fingerprint density at radius 3 is 2.94 bits per heavy atom. The Morgan fingerprint density at radius 2 is 2.24 bits per heavy atom. The first-order valence-corrected chi connectivity index (χ1v) is 5.26. The van der Waals surface area contributed by atoms with Crippen molar-refractivity contribution in [3.8, 4) is 0 Å². The molecular formula is C11H11FN4O. The van der Waals surface area contributed by atoms with E-state index in [1.54, 1.807) is 0 Å². The molecule has 2 aromatic heterocycles. The topological polar surface area (TPSA) is 60.7 Å². The number of hydrogen-bond acceptors (Lipinski definition) is 4. The molecule has 2 rings (SSSR count). The smallest absolute Gasteiger partial charge is 0.214 e. The van der Waals surface area contributed by atoms with Crippen LogP contribution in [0.4, 0.5) is 4.39 Å². The van der Waals surface area contributed by atoms with Crippen LogP contribution in [0.2, 0.25) is 0 Å². The van der Waals surface area contributed by atoms with Crippen molar-refractivity contribution < 1.29 is 9.18 Å². The summed E-state index contributed by atoms with van der Waals surface area (Å²) in [6.07, 6.45) is 4.60. The summed E-state index contributed by atoms with van der Waals surface area (Å²) in [5.41, 5.74) is 0.545. The largest absolute Gasteiger partial charge is 0.287 e. The van der Waals surface area contributed by atoms with E-state index in [0.717, 1.165) is 18.7 Å². The van der Waals surface area contributed by atoms with Gasteiger partial charge in [0.1, 0.15) is 11.5 Å². The van der Waals surface area contributed by atoms with Gasteiger partial charge >= 0.3 is 0 Å². The summed E-state index contributed by atoms with van der Waals surface area (Å²) in [7, 11) is 0. The van der Waals surface area contributed by atoms with E-state index in [1.165, 1.54) is 17.1 Å². The highest BCUT2D eigenvalue weighted by atomic mass is 19.1. The number of ketones is 1. The molecule has 0 bridgehead atoms. The molecule has 0 spiro atoms. The van der Waals surface area contributed by atoms with Crippen molar-refractivity contribution in [2.45, 2.75) is 19.9 Å². The lowest BCUT2D eigenvalue weighted by molar-refractivity contribution is 0.102. The number of carbonyl (C=O) groups excluding carboxylic acids is 1. The van der Waals surface area contributed by atoms with Crippen LogP contribution in [0, 0.1) is 5.82 Å². The van der Waals surface area contributed by atoms with Crippen molar-refractivity contribution in [1.82, 2.24) is 20.0 Å². The van der Waals surface area contributed by atoms with Gasteiger partial charge < -0.3 is 0 Å². The monoisotopic (exact) mass is 234 g/mol. The Balaban J connectivity index is 2.33. The van der Waals surface area contributed by atoms with Crippen LogP contribution in [0.1, 0.15) is 29.4 Å². The average molecular weight is 234 g/mol. The predicted molar refractivity (Wildman–Crippen MR) is 57.9 cm³/mol. The molecule has 0 unspecified atom stereocenters. The van der Waals surface area contributed by atoms with Crippen LogP contribution in [0.3, 0.4) is 0 Å². The second kappa shape index (κ2) is 4.82. The first kappa shape index (κ1) is 11.4. The van der Waals surface area contributed by atoms with Crippen LogP contribution in [0.15, 0.2) is 24.7 Å². The quantitative estimate of drug-likeness (QED) is 0.751. The molecule has 2 heterocycles. The minimum Gasteiger partial charge on any atom is -0.287 e. The molecular weight excluding hydrogens is 223 g/mol. The van der Waals surface area contributed by atoms with E-state index in [2.05, 4.69) is 15.3 Å². The van der Waals surface area contributed by atoms with Crippen LogP contribution in [-0.2, 0) is 6.54 Å². The van der Waals surface area contributed by atoms with Gasteiger partial charge in [0, 0.05) is 18.3 Å². The van der Waals surface area contributed by atoms with E-state index in [9.17, 15) is 9.18 Å². The van der Waals surface area contributed by atoms with Gasteiger partial charge in [-0.2, -0.15) is 0 Å². The molecule has 88 valence electrons. The lowest BCUT2D eigenvalue weighted by Crippen LogP contribution is -2.12. The zero-order chi connectivity index (χ0) is 12.3. The Bertz CT molecular complexity index is 538. The van der Waals surface area contributed by atoms with Crippen LogP contribution in [-0.4, -0.2) is 25.8 Å². The number of aryl methyl sites for hydroxylation is 1. The molecule has 0 aliphatic heterocycles. The summed E-state index contributed by atoms with van der Waals surface area (Å²) >= 11 is 0. The molecule has 0 radical (unpaired) electrons. The Morgan fingerprint density at radius 1 is 1.41 bits per heavy atom. The van der Waals surface area contributed by atoms with E-state index in [0.29, 0.717) is 12.2 Å². The number of carbonyl (C=O) groups is 1. The summed E-state index contributed by atoms with van der Waals surface area (Å²) in [5.74, 6) is -0.860. The molecule has 0 N–H and O–H groups in total. The fourth-order valence-corrected chi connectivity index (χ4v) is 1.49. The molecule has 0 aromatic carbocycles. The summed E-state index contributed by atoms with van der Waals surface area (Å²) < 4.78 is 14.5. The normalized spacial score (nSPS) is 10.5. The average Bonchev–Trinajstić information content (AvgIpc) is 2.77. The highest BCUT2D eigenvalue weighted by molar-refractivity contribution is 6.07. The van der Waals surface area contributed by atoms with Crippen molar-refractivity contribution >= 4 is 5.78 Å². The maximum Gasteiger partial charge on any atom is 0.214 e. The number of aromatic nitrogens is 4. The van der Waals surface area contributed by atoms with Crippen LogP contribution < -0.4 is 0 Å². The SMILES string of the molecule is CCCn1nncc1C(=O)c1cncc(F)c1. The third-order valence-corrected chi connectivity index (χ3v) is 2.25. The van der Waals surface area contributed by atoms with Gasteiger partial charge in [0.25, 0.3) is 0 Å². The van der Waals surface area contributed by atoms with Crippen molar-refractivity contribution in [3.05, 3.63) is 41.7 Å². The van der Waals surface area contributed by atoms with E-state index in [4.69, 9.17) is 0 Å². The molecule has 0 saturated carbocycles. The molecule has 6 heteroatoms. The number of pyridine rings is 1. The Hall–Kier alpha value is -2.11. The standard InChI is InChI=1S/C11H11FN4O/c1-2-3-16-10(7-14-15-16)11(17)8-4-9(12)6-13-5-8/h4-7H,2-3H2,1H3. The summed E-state index contributed by atoms with van der Waals surface area (Å²) in [6.45, 7) is 2.57. The number of hydrogen-bond donors (Lipinski definition) is 0. The second-order valence-corrected chi connectivity index (χ2v) is 3.56. The van der Waals surface area contributed by atoms with Crippen LogP contribution in [0.25, 0.3) is 0 Å². The van der Waals surface area contributed by atoms with Crippen molar-refractivity contribution in [2.24, 2.45) is 0 Å². The van der Waals surface area contributed by atoms with E-state index >= 15 is 0 Å². The van der Waals surface area contributed by atoms with Crippen molar-refractivity contribution in [3.63, 3.8) is 0 Å². The highest BCUT2D eigenvalue weighted by Crippen LogP contribution is 2.09. The molecule has 17 heavy (non-hydrogen) atoms. The van der Waals surface area contributed by atoms with Gasteiger partial charge in [-0.25, -0.2) is 9.07 Å². The van der Waals surface area contributed by atoms with Crippen LogP contribution in [0.5, 0.6) is 0 Å². The predicted octanol–water partition coefficient (Wildman–Crippen LogP) is 1.45. The van der Waals surface area contributed by atoms with Crippen molar-refractivity contribution in [1.29, 1.82) is 0 Å². The van der Waals surface area contributed by atoms with Gasteiger partial charge in [-0.1, -0.05) is 12.1 Å². The number of halogens is 1. The van der Waals surface area contributed by atoms with Gasteiger partial charge in [-0.15, -0.1) is 5.10 Å². The van der Waals surface area contributed by atoms with E-state index in [-0.39, 0.29) is 11.3 Å². The minimum absolute atomic E-state index is 0.199. The molecule has 0 amide bonds. The van der Waals surface area contributed by atoms with E-state index in [1.807, 2.05) is 6.92 Å². The van der Waals surface area contributed by atoms with Gasteiger partial charge in [-0.3, -0.25) is 9.78 Å². The first-order valence-electron chi connectivity index (χ1n) is 5.26. The molecule has 0 aliphatic rings. The maximum atomic E-state index is 13.0. The minimum atomic E-state index is -0.537. The molecule has 0 fully saturated rings. The molecule has 0 atom stereocenters. The summed E-state index contributed by atoms with van der Waals surface area (Å²) in [6, 6.07) is 1.15.